The highest BCUT2D eigenvalue weighted by molar-refractivity contribution is 5.78. The predicted molar refractivity (Wildman–Crippen MR) is 271 cm³/mol. The summed E-state index contributed by atoms with van der Waals surface area (Å²) in [4.78, 5) is 51.6. The lowest BCUT2D eigenvalue weighted by Gasteiger charge is -2.49. The number of cyclic esters (lactones) is 1. The van der Waals surface area contributed by atoms with Crippen molar-refractivity contribution in [3.63, 3.8) is 0 Å². The highest BCUT2D eigenvalue weighted by Gasteiger charge is 2.54. The zero-order chi connectivity index (χ0) is 53.3. The lowest BCUT2D eigenvalue weighted by atomic mass is 9.77. The predicted octanol–water partition coefficient (Wildman–Crippen LogP) is 3.17. The number of hydrogen-bond acceptors (Lipinski definition) is 18. The number of aliphatic hydroxyl groups is 3. The van der Waals surface area contributed by atoms with Crippen LogP contribution in [0.1, 0.15) is 127 Å². The van der Waals surface area contributed by atoms with Crippen LogP contribution >= 0.6 is 0 Å². The number of piperidine rings is 1. The second-order valence-electron chi connectivity index (χ2n) is 22.9. The van der Waals surface area contributed by atoms with Gasteiger partial charge in [0.2, 0.25) is 5.91 Å². The van der Waals surface area contributed by atoms with E-state index in [0.29, 0.717) is 13.0 Å². The van der Waals surface area contributed by atoms with E-state index in [9.17, 15) is 29.7 Å². The molecule has 5 heterocycles. The number of likely N-dealkylation sites (tertiary alicyclic amines) is 1. The molecule has 19 nitrogen and oxygen atoms in total. The number of nitrogens with zero attached hydrogens (tertiary/aromatic N) is 4. The van der Waals surface area contributed by atoms with Crippen molar-refractivity contribution in [1.82, 2.24) is 24.9 Å². The highest BCUT2D eigenvalue weighted by Crippen LogP contribution is 2.42. The number of esters is 2. The monoisotopic (exact) mass is 1030 g/mol. The highest BCUT2D eigenvalue weighted by atomic mass is 16.7. The van der Waals surface area contributed by atoms with Crippen LogP contribution in [0, 0.1) is 17.8 Å². The maximum atomic E-state index is 14.6. The van der Waals surface area contributed by atoms with Gasteiger partial charge in [-0.3, -0.25) is 14.4 Å². The maximum Gasteiger partial charge on any atom is 0.311 e. The van der Waals surface area contributed by atoms with Crippen molar-refractivity contribution < 1.29 is 67.6 Å². The molecule has 0 spiro atoms. The van der Waals surface area contributed by atoms with Gasteiger partial charge in [-0.2, -0.15) is 0 Å². The van der Waals surface area contributed by atoms with E-state index in [2.05, 4.69) is 20.0 Å². The van der Waals surface area contributed by atoms with Crippen LogP contribution in [0.5, 0.6) is 0 Å². The molecule has 1 amide bonds. The minimum Gasteiger partial charge on any atom is -0.459 e. The number of methoxy groups -OCH3 is 2. The molecule has 418 valence electrons. The molecule has 5 rings (SSSR count). The van der Waals surface area contributed by atoms with Gasteiger partial charge in [0.05, 0.1) is 48.4 Å². The third-order valence-electron chi connectivity index (χ3n) is 16.9. The topological polar surface area (TPSA) is 211 Å². The van der Waals surface area contributed by atoms with Gasteiger partial charge in [0.15, 0.2) is 18.7 Å². The number of nitrogens with one attached hydrogen (secondary N) is 1. The van der Waals surface area contributed by atoms with E-state index in [4.69, 9.17) is 37.9 Å². The van der Waals surface area contributed by atoms with Gasteiger partial charge in [-0.25, -0.2) is 0 Å². The van der Waals surface area contributed by atoms with Gasteiger partial charge in [-0.15, -0.1) is 0 Å². The number of aliphatic hydroxyl groups excluding tert-OH is 2. The Morgan fingerprint density at radius 2 is 1.39 bits per heavy atom. The van der Waals surface area contributed by atoms with E-state index < -0.39 is 108 Å². The Balaban J connectivity index is 1.37. The zero-order valence-electron chi connectivity index (χ0n) is 46.5. The molecule has 0 aromatic carbocycles. The zero-order valence-corrected chi connectivity index (χ0v) is 46.5. The normalized spacial score (nSPS) is 42.1. The van der Waals surface area contributed by atoms with Crippen LogP contribution < -0.4 is 5.32 Å². The Hall–Kier alpha value is -2.11. The first-order chi connectivity index (χ1) is 33.9. The van der Waals surface area contributed by atoms with Crippen molar-refractivity contribution in [3.8, 4) is 0 Å². The molecule has 19 heteroatoms. The van der Waals surface area contributed by atoms with Crippen LogP contribution in [0.25, 0.3) is 0 Å². The third-order valence-corrected chi connectivity index (χ3v) is 16.9. The van der Waals surface area contributed by atoms with Gasteiger partial charge >= 0.3 is 11.9 Å². The maximum absolute atomic E-state index is 14.6. The Labute approximate surface area is 431 Å². The quantitative estimate of drug-likeness (QED) is 0.164. The van der Waals surface area contributed by atoms with Crippen LogP contribution in [0.15, 0.2) is 0 Å². The summed E-state index contributed by atoms with van der Waals surface area (Å²) in [6, 6.07) is -1.25. The molecule has 5 saturated heterocycles. The number of carbonyl (C=O) groups excluding carboxylic acids is 3. The van der Waals surface area contributed by atoms with E-state index in [0.717, 1.165) is 39.3 Å². The first-order valence-corrected chi connectivity index (χ1v) is 27.2. The molecule has 0 aromatic heterocycles. The van der Waals surface area contributed by atoms with Gasteiger partial charge < -0.3 is 78.1 Å². The molecule has 5 fully saturated rings. The smallest absolute Gasteiger partial charge is 0.311 e. The van der Waals surface area contributed by atoms with Gasteiger partial charge in [0, 0.05) is 71.2 Å². The van der Waals surface area contributed by atoms with Crippen LogP contribution in [-0.2, 0) is 52.3 Å². The molecule has 5 aliphatic rings. The number of hydrogen-bond donors (Lipinski definition) is 4. The Kier molecular flexibility index (Phi) is 22.6. The minimum atomic E-state index is -1.97. The van der Waals surface area contributed by atoms with E-state index in [1.807, 2.05) is 46.7 Å². The molecule has 0 aliphatic carbocycles. The fourth-order valence-corrected chi connectivity index (χ4v) is 12.0. The number of amides is 1. The lowest BCUT2D eigenvalue weighted by molar-refractivity contribution is -0.320. The summed E-state index contributed by atoms with van der Waals surface area (Å²) >= 11 is 0. The van der Waals surface area contributed by atoms with E-state index in [1.165, 1.54) is 52.8 Å². The molecule has 0 aromatic rings. The van der Waals surface area contributed by atoms with Crippen molar-refractivity contribution in [2.24, 2.45) is 17.8 Å². The number of carbonyl (C=O) groups is 3. The van der Waals surface area contributed by atoms with Gasteiger partial charge in [0.1, 0.15) is 29.5 Å². The second kappa shape index (κ2) is 26.8. The average molecular weight is 1030 g/mol. The Morgan fingerprint density at radius 3 is 1.97 bits per heavy atom. The molecular weight excluding hydrogens is 931 g/mol. The molecule has 72 heavy (non-hydrogen) atoms. The summed E-state index contributed by atoms with van der Waals surface area (Å²) in [5.41, 5.74) is -4.35. The molecule has 18 atom stereocenters. The minimum absolute atomic E-state index is 0.0864. The SMILES string of the molecule is CC[C@H]1OC(=O)[C@H](C)[C@@H](O[C@H]2C[C@@](C)(OC)[C@@H](OC(=O)CCN3CCN(CCCN4CCCCC4)CC3)[C@H](C)O2)C(C)[C@@H](O[C@@H]2O[C@H](C)C[C@H](N(C)C)[C@H]2O)[C@](C)(OC)C[C@@H](C)C(=O)N[C@H](C)[C@@H](O)[C@]1(C)O. The first kappa shape index (κ1) is 60.8. The molecule has 0 radical (unpaired) electrons. The summed E-state index contributed by atoms with van der Waals surface area (Å²) in [5.74, 6) is -4.05. The van der Waals surface area contributed by atoms with E-state index in [-0.39, 0.29) is 43.8 Å². The van der Waals surface area contributed by atoms with Crippen molar-refractivity contribution in [2.45, 2.75) is 217 Å². The van der Waals surface area contributed by atoms with Crippen LogP contribution in [0.2, 0.25) is 0 Å². The standard InChI is InChI=1S/C53H97N5O14/c1-15-40-53(10,64)45(61)37(6)54-48(62)33(2)31-51(8,65-13)46(72-50-43(60)39(55(11)12)30-34(3)67-50)35(4)44(36(5)49(63)69-40)71-42-32-52(9,66-14)47(38(7)68-42)70-41(59)20-25-58-28-26-57(27-29-58)24-19-23-56-21-17-16-18-22-56/h33-40,42-47,50,60-61,64H,15-32H2,1-14H3,(H,54,62)/t33-,34-,35?,36-,37-,38+,39+,40-,42+,43-,44+,45-,46-,47+,50+,51-,52-,53-/m1/s1. The second-order valence-corrected chi connectivity index (χ2v) is 22.9. The Morgan fingerprint density at radius 1 is 0.806 bits per heavy atom. The van der Waals surface area contributed by atoms with Crippen LogP contribution in [0.3, 0.4) is 0 Å². The Bertz CT molecular complexity index is 1700. The van der Waals surface area contributed by atoms with Crippen molar-refractivity contribution >= 4 is 17.8 Å². The molecule has 0 saturated carbocycles. The fraction of sp³-hybridized carbons (Fsp3) is 0.943. The summed E-state index contributed by atoms with van der Waals surface area (Å²) in [7, 11) is 6.85. The number of likely N-dealkylation sites (N-methyl/N-ethyl adjacent to an activating group) is 1. The molecule has 0 bridgehead atoms. The van der Waals surface area contributed by atoms with Gasteiger partial charge in [-0.1, -0.05) is 27.2 Å². The van der Waals surface area contributed by atoms with Crippen molar-refractivity contribution in [2.75, 3.05) is 87.2 Å². The molecule has 1 unspecified atom stereocenters. The van der Waals surface area contributed by atoms with Crippen molar-refractivity contribution in [3.05, 3.63) is 0 Å². The molecule has 4 N–H and O–H groups in total. The van der Waals surface area contributed by atoms with E-state index >= 15 is 0 Å². The van der Waals surface area contributed by atoms with Crippen LogP contribution in [0.4, 0.5) is 0 Å². The molecular formula is C53H97N5O14. The first-order valence-electron chi connectivity index (χ1n) is 27.2. The lowest BCUT2D eigenvalue weighted by Crippen LogP contribution is -2.61. The van der Waals surface area contributed by atoms with Gasteiger partial charge in [-0.05, 0) is 127 Å². The largest absolute Gasteiger partial charge is 0.459 e. The summed E-state index contributed by atoms with van der Waals surface area (Å²) < 4.78 is 51.7. The summed E-state index contributed by atoms with van der Waals surface area (Å²) in [5, 5.41) is 38.0. The number of rotatable bonds is 16. The van der Waals surface area contributed by atoms with Crippen molar-refractivity contribution in [1.29, 1.82) is 0 Å². The average Bonchev–Trinajstić information content (AvgIpc) is 3.34. The van der Waals surface area contributed by atoms with Gasteiger partial charge in [0.25, 0.3) is 0 Å². The fourth-order valence-electron chi connectivity index (χ4n) is 12.0. The third kappa shape index (κ3) is 15.3. The van der Waals surface area contributed by atoms with Crippen LogP contribution in [-0.4, -0.2) is 230 Å². The molecule has 5 aliphatic heterocycles. The number of piperazine rings is 1. The number of ether oxygens (including phenoxy) is 8. The van der Waals surface area contributed by atoms with E-state index in [1.54, 1.807) is 41.7 Å². The summed E-state index contributed by atoms with van der Waals surface area (Å²) in [6.07, 6.45) is -3.59. The summed E-state index contributed by atoms with van der Waals surface area (Å²) in [6.45, 7) is 26.4.